The Morgan fingerprint density at radius 3 is 2.56 bits per heavy atom. The lowest BCUT2D eigenvalue weighted by Gasteiger charge is -2.02. The Labute approximate surface area is 110 Å². The predicted molar refractivity (Wildman–Crippen MR) is 69.5 cm³/mol. The van der Waals surface area contributed by atoms with E-state index in [1.165, 1.54) is 26.6 Å². The third-order valence-corrected chi connectivity index (χ3v) is 2.25. The Morgan fingerprint density at radius 1 is 1.33 bits per heavy atom. The molecule has 0 heterocycles. The second kappa shape index (κ2) is 7.47. The van der Waals surface area contributed by atoms with Crippen molar-refractivity contribution in [2.24, 2.45) is 5.16 Å². The zero-order valence-electron chi connectivity index (χ0n) is 10.0. The molecule has 0 aliphatic carbocycles. The zero-order valence-corrected chi connectivity index (χ0v) is 10.8. The monoisotopic (exact) mass is 268 g/mol. The molecule has 1 rings (SSSR count). The van der Waals surface area contributed by atoms with Crippen molar-refractivity contribution in [3.05, 3.63) is 46.6 Å². The van der Waals surface area contributed by atoms with Gasteiger partial charge in [-0.3, -0.25) is 15.1 Å². The van der Waals surface area contributed by atoms with E-state index in [9.17, 15) is 4.79 Å². The van der Waals surface area contributed by atoms with Crippen molar-refractivity contribution in [3.8, 4) is 0 Å². The maximum atomic E-state index is 12.1. The van der Waals surface area contributed by atoms with Gasteiger partial charge in [0.1, 0.15) is 7.11 Å². The molecular formula is C12H13ClN2O3. The van der Waals surface area contributed by atoms with Crippen LogP contribution in [-0.2, 0) is 9.68 Å². The molecule has 1 aromatic carbocycles. The summed E-state index contributed by atoms with van der Waals surface area (Å²) in [6, 6.07) is 6.55. The molecule has 1 N–H and O–H groups in total. The first-order valence-electron chi connectivity index (χ1n) is 5.04. The second-order valence-electron chi connectivity index (χ2n) is 3.17. The van der Waals surface area contributed by atoms with Gasteiger partial charge in [0.2, 0.25) is 0 Å². The van der Waals surface area contributed by atoms with Crippen molar-refractivity contribution in [2.75, 3.05) is 14.2 Å². The predicted octanol–water partition coefficient (Wildman–Crippen LogP) is 2.19. The Bertz CT molecular complexity index is 455. The fraction of sp³-hybridized carbons (Fsp3) is 0.167. The van der Waals surface area contributed by atoms with Crippen LogP contribution in [0.15, 0.2) is 41.2 Å². The van der Waals surface area contributed by atoms with Crippen LogP contribution in [-0.4, -0.2) is 26.2 Å². The van der Waals surface area contributed by atoms with Gasteiger partial charge < -0.3 is 4.84 Å². The third kappa shape index (κ3) is 4.20. The summed E-state index contributed by atoms with van der Waals surface area (Å²) in [7, 11) is 2.83. The fourth-order valence-electron chi connectivity index (χ4n) is 1.16. The standard InChI is InChI=1S/C12H13ClN2O3/c1-17-14-7-10(8-15-18-2)12(16)9-3-5-11(13)6-4-9/h3-8,14H,1-2H3/b10-7?,15-8-. The molecule has 0 spiro atoms. The third-order valence-electron chi connectivity index (χ3n) is 2.00. The summed E-state index contributed by atoms with van der Waals surface area (Å²) in [5.74, 6) is -0.225. The van der Waals surface area contributed by atoms with Crippen molar-refractivity contribution in [3.63, 3.8) is 0 Å². The van der Waals surface area contributed by atoms with Gasteiger partial charge in [-0.1, -0.05) is 16.8 Å². The summed E-state index contributed by atoms with van der Waals surface area (Å²) < 4.78 is 0. The molecular weight excluding hydrogens is 256 g/mol. The lowest BCUT2D eigenvalue weighted by molar-refractivity contribution is 0.102. The van der Waals surface area contributed by atoms with E-state index in [0.717, 1.165) is 0 Å². The van der Waals surface area contributed by atoms with Gasteiger partial charge in [-0.05, 0) is 24.3 Å². The highest BCUT2D eigenvalue weighted by molar-refractivity contribution is 6.30. The number of halogens is 1. The van der Waals surface area contributed by atoms with Crippen molar-refractivity contribution >= 4 is 23.6 Å². The van der Waals surface area contributed by atoms with Crippen molar-refractivity contribution in [1.29, 1.82) is 0 Å². The first-order chi connectivity index (χ1) is 8.69. The number of allylic oxidation sites excluding steroid dienone is 1. The van der Waals surface area contributed by atoms with Gasteiger partial charge in [-0.15, -0.1) is 0 Å². The average Bonchev–Trinajstić information content (AvgIpc) is 2.39. The number of hydrogen-bond acceptors (Lipinski definition) is 5. The lowest BCUT2D eigenvalue weighted by atomic mass is 10.1. The summed E-state index contributed by atoms with van der Waals surface area (Å²) in [6.07, 6.45) is 2.68. The van der Waals surface area contributed by atoms with Crippen LogP contribution in [0.2, 0.25) is 5.02 Å². The van der Waals surface area contributed by atoms with E-state index in [1.54, 1.807) is 24.3 Å². The van der Waals surface area contributed by atoms with Crippen molar-refractivity contribution in [2.45, 2.75) is 0 Å². The number of rotatable bonds is 6. The SMILES string of the molecule is CO/N=C\C(=CNOC)C(=O)c1ccc(Cl)cc1. The molecule has 5 nitrogen and oxygen atoms in total. The molecule has 0 bridgehead atoms. The molecule has 0 unspecified atom stereocenters. The van der Waals surface area contributed by atoms with Crippen LogP contribution in [0.5, 0.6) is 0 Å². The minimum absolute atomic E-state index is 0.225. The van der Waals surface area contributed by atoms with E-state index in [2.05, 4.69) is 20.3 Å². The fourth-order valence-corrected chi connectivity index (χ4v) is 1.29. The number of oxime groups is 1. The number of hydrogen-bond donors (Lipinski definition) is 1. The van der Waals surface area contributed by atoms with Gasteiger partial charge >= 0.3 is 0 Å². The van der Waals surface area contributed by atoms with Gasteiger partial charge in [0.25, 0.3) is 0 Å². The Kier molecular flexibility index (Phi) is 5.90. The van der Waals surface area contributed by atoms with Crippen LogP contribution in [0, 0.1) is 0 Å². The number of carbonyl (C=O) groups is 1. The number of carbonyl (C=O) groups excluding carboxylic acids is 1. The van der Waals surface area contributed by atoms with Gasteiger partial charge in [0, 0.05) is 16.8 Å². The van der Waals surface area contributed by atoms with Gasteiger partial charge in [0.15, 0.2) is 5.78 Å². The minimum atomic E-state index is -0.225. The minimum Gasteiger partial charge on any atom is -0.399 e. The zero-order chi connectivity index (χ0) is 13.4. The van der Waals surface area contributed by atoms with Crippen molar-refractivity contribution in [1.82, 2.24) is 5.48 Å². The first-order valence-corrected chi connectivity index (χ1v) is 5.42. The van der Waals surface area contributed by atoms with E-state index in [0.29, 0.717) is 16.2 Å². The molecule has 1 aromatic rings. The Morgan fingerprint density at radius 2 is 2.00 bits per heavy atom. The molecule has 0 atom stereocenters. The molecule has 0 fully saturated rings. The number of benzene rings is 1. The van der Waals surface area contributed by atoms with Crippen LogP contribution in [0.25, 0.3) is 0 Å². The summed E-state index contributed by atoms with van der Waals surface area (Å²) in [6.45, 7) is 0. The van der Waals surface area contributed by atoms with E-state index in [4.69, 9.17) is 11.6 Å². The van der Waals surface area contributed by atoms with Crippen LogP contribution < -0.4 is 5.48 Å². The number of Topliss-reactive ketones (excluding diaryl/α,β-unsaturated/α-hetero) is 1. The largest absolute Gasteiger partial charge is 0.399 e. The molecule has 0 aliphatic heterocycles. The molecule has 0 aliphatic rings. The van der Waals surface area contributed by atoms with E-state index in [-0.39, 0.29) is 5.78 Å². The number of nitrogens with zero attached hydrogens (tertiary/aromatic N) is 1. The van der Waals surface area contributed by atoms with Crippen LogP contribution >= 0.6 is 11.6 Å². The molecule has 6 heteroatoms. The van der Waals surface area contributed by atoms with Crippen LogP contribution in [0.4, 0.5) is 0 Å². The highest BCUT2D eigenvalue weighted by atomic mass is 35.5. The van der Waals surface area contributed by atoms with E-state index < -0.39 is 0 Å². The molecule has 0 amide bonds. The smallest absolute Gasteiger partial charge is 0.196 e. The van der Waals surface area contributed by atoms with E-state index >= 15 is 0 Å². The Hall–Kier alpha value is -1.85. The topological polar surface area (TPSA) is 59.9 Å². The highest BCUT2D eigenvalue weighted by Crippen LogP contribution is 2.12. The average molecular weight is 269 g/mol. The Balaban J connectivity index is 2.94. The highest BCUT2D eigenvalue weighted by Gasteiger charge is 2.10. The maximum Gasteiger partial charge on any atom is 0.196 e. The number of nitrogens with one attached hydrogen (secondary N) is 1. The van der Waals surface area contributed by atoms with Crippen molar-refractivity contribution < 1.29 is 14.5 Å². The van der Waals surface area contributed by atoms with Gasteiger partial charge in [0.05, 0.1) is 18.9 Å². The number of ketones is 1. The molecule has 18 heavy (non-hydrogen) atoms. The summed E-state index contributed by atoms with van der Waals surface area (Å²) >= 11 is 5.76. The normalized spacial score (nSPS) is 11.6. The summed E-state index contributed by atoms with van der Waals surface area (Å²) in [5, 5.41) is 4.12. The molecule has 0 radical (unpaired) electrons. The first kappa shape index (κ1) is 14.2. The summed E-state index contributed by atoms with van der Waals surface area (Å²) in [5.41, 5.74) is 3.25. The molecule has 0 saturated heterocycles. The quantitative estimate of drug-likeness (QED) is 0.372. The van der Waals surface area contributed by atoms with Gasteiger partial charge in [-0.25, -0.2) is 0 Å². The van der Waals surface area contributed by atoms with Crippen LogP contribution in [0.3, 0.4) is 0 Å². The molecule has 0 aromatic heterocycles. The number of hydroxylamine groups is 1. The summed E-state index contributed by atoms with van der Waals surface area (Å²) in [4.78, 5) is 21.3. The lowest BCUT2D eigenvalue weighted by Crippen LogP contribution is -2.11. The maximum absolute atomic E-state index is 12.1. The van der Waals surface area contributed by atoms with E-state index in [1.807, 2.05) is 0 Å². The second-order valence-corrected chi connectivity index (χ2v) is 3.61. The van der Waals surface area contributed by atoms with Gasteiger partial charge in [-0.2, -0.15) is 0 Å². The van der Waals surface area contributed by atoms with Crippen LogP contribution in [0.1, 0.15) is 10.4 Å². The molecule has 96 valence electrons. The molecule has 0 saturated carbocycles.